The first-order valence-corrected chi connectivity index (χ1v) is 16.8. The number of fused-ring (bicyclic) bond motifs is 1. The van der Waals surface area contributed by atoms with Gasteiger partial charge < -0.3 is 30.2 Å². The molecule has 0 aromatic carbocycles. The lowest BCUT2D eigenvalue weighted by Gasteiger charge is -2.17. The molecular weight excluding hydrogens is 608 g/mol. The standard InChI is InChI=1S/C26H47BrN4O6S2/c27-11-5-1-2-9-23(32)28-12-6-14-35-16-18-37-19-17-36-15-7-13-31(38)24(33)10-4-3-8-22-25-21(20-39-22)29-26(34)30-25/h21-22,25,38H,1-20H2,(H,28,32)(H2,29,30,34). The number of nitrogens with zero attached hydrogens (tertiary/aromatic N) is 1. The van der Waals surface area contributed by atoms with Crippen LogP contribution in [0.5, 0.6) is 0 Å². The fraction of sp³-hybridized carbons (Fsp3) is 0.885. The van der Waals surface area contributed by atoms with Crippen molar-refractivity contribution in [2.24, 2.45) is 0 Å². The van der Waals surface area contributed by atoms with Crippen molar-refractivity contribution < 1.29 is 28.6 Å². The largest absolute Gasteiger partial charge is 0.379 e. The second kappa shape index (κ2) is 21.9. The van der Waals surface area contributed by atoms with Gasteiger partial charge in [0.05, 0.1) is 38.5 Å². The fourth-order valence-electron chi connectivity index (χ4n) is 4.42. The molecule has 2 heterocycles. The van der Waals surface area contributed by atoms with Crippen LogP contribution in [-0.2, 0) is 23.8 Å². The van der Waals surface area contributed by atoms with Crippen molar-refractivity contribution in [3.8, 4) is 0 Å². The maximum atomic E-state index is 12.3. The van der Waals surface area contributed by atoms with E-state index in [9.17, 15) is 14.4 Å². The monoisotopic (exact) mass is 654 g/mol. The van der Waals surface area contributed by atoms with Crippen LogP contribution in [0, 0.1) is 0 Å². The molecule has 3 unspecified atom stereocenters. The Hall–Kier alpha value is -0.730. The van der Waals surface area contributed by atoms with Gasteiger partial charge in [0, 0.05) is 55.5 Å². The van der Waals surface area contributed by atoms with Crippen LogP contribution in [0.15, 0.2) is 0 Å². The highest BCUT2D eigenvalue weighted by Crippen LogP contribution is 2.33. The molecule has 2 rings (SSSR count). The van der Waals surface area contributed by atoms with Crippen molar-refractivity contribution in [3.05, 3.63) is 0 Å². The number of hydrogen-bond donors (Lipinski definition) is 4. The first kappa shape index (κ1) is 34.5. The Morgan fingerprint density at radius 3 is 2.36 bits per heavy atom. The molecule has 39 heavy (non-hydrogen) atoms. The van der Waals surface area contributed by atoms with Gasteiger partial charge in [-0.1, -0.05) is 41.6 Å². The molecule has 0 aromatic rings. The first-order valence-electron chi connectivity index (χ1n) is 14.2. The number of alkyl halides is 1. The third-order valence-corrected chi connectivity index (χ3v) is 9.08. The number of amides is 4. The topological polar surface area (TPSA) is 118 Å². The van der Waals surface area contributed by atoms with Crippen molar-refractivity contribution in [2.45, 2.75) is 81.5 Å². The lowest BCUT2D eigenvalue weighted by atomic mass is 10.0. The number of carbonyl (C=O) groups excluding carboxylic acids is 3. The first-order chi connectivity index (χ1) is 19.0. The third kappa shape index (κ3) is 15.7. The molecule has 3 N–H and O–H groups in total. The summed E-state index contributed by atoms with van der Waals surface area (Å²) in [5.41, 5.74) is 0. The molecule has 3 atom stereocenters. The fourth-order valence-corrected chi connectivity index (χ4v) is 6.61. The van der Waals surface area contributed by atoms with E-state index in [0.29, 0.717) is 70.8 Å². The van der Waals surface area contributed by atoms with Gasteiger partial charge in [0.25, 0.3) is 0 Å². The van der Waals surface area contributed by atoms with Crippen LogP contribution in [0.4, 0.5) is 4.79 Å². The predicted octanol–water partition coefficient (Wildman–Crippen LogP) is 3.29. The number of rotatable bonds is 24. The SMILES string of the molecule is O=C(CCCCCBr)NCCCOCCOCCOCCCN(S)C(=O)CCCCC1SCC2NC(=O)NC21. The summed E-state index contributed by atoms with van der Waals surface area (Å²) >= 11 is 9.62. The lowest BCUT2D eigenvalue weighted by Crippen LogP contribution is -2.36. The summed E-state index contributed by atoms with van der Waals surface area (Å²) in [5, 5.41) is 10.3. The Labute approximate surface area is 251 Å². The average Bonchev–Trinajstić information content (AvgIpc) is 3.48. The Morgan fingerprint density at radius 1 is 0.923 bits per heavy atom. The zero-order valence-electron chi connectivity index (χ0n) is 23.0. The van der Waals surface area contributed by atoms with Gasteiger partial charge in [0.15, 0.2) is 0 Å². The number of nitrogens with one attached hydrogen (secondary N) is 3. The number of ether oxygens (including phenoxy) is 3. The second-order valence-corrected chi connectivity index (χ2v) is 12.3. The van der Waals surface area contributed by atoms with E-state index in [1.165, 1.54) is 4.31 Å². The molecule has 2 fully saturated rings. The summed E-state index contributed by atoms with van der Waals surface area (Å²) in [6.07, 6.45) is 8.53. The molecule has 10 nitrogen and oxygen atoms in total. The number of hydrogen-bond acceptors (Lipinski definition) is 8. The molecule has 0 bridgehead atoms. The molecule has 0 saturated carbocycles. The Kier molecular flexibility index (Phi) is 19.4. The lowest BCUT2D eigenvalue weighted by molar-refractivity contribution is -0.126. The highest BCUT2D eigenvalue weighted by atomic mass is 79.9. The van der Waals surface area contributed by atoms with Crippen molar-refractivity contribution in [3.63, 3.8) is 0 Å². The molecule has 4 amide bonds. The number of thioether (sulfide) groups is 1. The van der Waals surface area contributed by atoms with Gasteiger partial charge in [-0.15, -0.1) is 0 Å². The Bertz CT molecular complexity index is 711. The number of thiol groups is 1. The number of urea groups is 1. The van der Waals surface area contributed by atoms with Gasteiger partial charge in [0.1, 0.15) is 0 Å². The van der Waals surface area contributed by atoms with E-state index in [-0.39, 0.29) is 29.9 Å². The van der Waals surface area contributed by atoms with Crippen LogP contribution >= 0.6 is 40.5 Å². The maximum absolute atomic E-state index is 12.3. The number of carbonyl (C=O) groups is 3. The predicted molar refractivity (Wildman–Crippen MR) is 162 cm³/mol. The zero-order chi connectivity index (χ0) is 28.1. The molecule has 226 valence electrons. The van der Waals surface area contributed by atoms with Crippen molar-refractivity contribution >= 4 is 58.4 Å². The molecule has 13 heteroatoms. The maximum Gasteiger partial charge on any atom is 0.315 e. The van der Waals surface area contributed by atoms with Gasteiger partial charge in [-0.2, -0.15) is 11.8 Å². The van der Waals surface area contributed by atoms with E-state index in [2.05, 4.69) is 44.7 Å². The molecule has 2 saturated heterocycles. The summed E-state index contributed by atoms with van der Waals surface area (Å²) in [6, 6.07) is 0.408. The van der Waals surface area contributed by atoms with Gasteiger partial charge in [-0.3, -0.25) is 13.9 Å². The minimum absolute atomic E-state index is 0.0395. The summed E-state index contributed by atoms with van der Waals surface area (Å²) in [6.45, 7) is 4.36. The zero-order valence-corrected chi connectivity index (χ0v) is 26.3. The van der Waals surface area contributed by atoms with Gasteiger partial charge >= 0.3 is 6.03 Å². The number of unbranched alkanes of at least 4 members (excludes halogenated alkanes) is 3. The molecule has 0 spiro atoms. The Morgan fingerprint density at radius 2 is 1.62 bits per heavy atom. The van der Waals surface area contributed by atoms with E-state index in [4.69, 9.17) is 14.2 Å². The minimum Gasteiger partial charge on any atom is -0.379 e. The van der Waals surface area contributed by atoms with Gasteiger partial charge in [0.2, 0.25) is 11.8 Å². The van der Waals surface area contributed by atoms with Crippen LogP contribution in [-0.4, -0.2) is 103 Å². The molecule has 0 aromatic heterocycles. The summed E-state index contributed by atoms with van der Waals surface area (Å²) < 4.78 is 18.1. The van der Waals surface area contributed by atoms with Crippen molar-refractivity contribution in [1.29, 1.82) is 0 Å². The van der Waals surface area contributed by atoms with Crippen LogP contribution in [0.3, 0.4) is 0 Å². The van der Waals surface area contributed by atoms with Crippen LogP contribution in [0.25, 0.3) is 0 Å². The summed E-state index contributed by atoms with van der Waals surface area (Å²) in [5.74, 6) is 1.11. The number of halogens is 1. The summed E-state index contributed by atoms with van der Waals surface area (Å²) in [7, 11) is 0. The molecule has 2 aliphatic rings. The Balaban J connectivity index is 1.29. The van der Waals surface area contributed by atoms with E-state index in [1.807, 2.05) is 11.8 Å². The second-order valence-electron chi connectivity index (χ2n) is 9.78. The average molecular weight is 656 g/mol. The molecular formula is C26H47BrN4O6S2. The van der Waals surface area contributed by atoms with E-state index >= 15 is 0 Å². The quantitative estimate of drug-likeness (QED) is 0.0546. The van der Waals surface area contributed by atoms with Gasteiger partial charge in [-0.05, 0) is 38.5 Å². The van der Waals surface area contributed by atoms with E-state index in [1.54, 1.807) is 0 Å². The smallest absolute Gasteiger partial charge is 0.315 e. The molecule has 0 aliphatic carbocycles. The third-order valence-electron chi connectivity index (χ3n) is 6.58. The van der Waals surface area contributed by atoms with Gasteiger partial charge in [-0.25, -0.2) is 4.79 Å². The highest BCUT2D eigenvalue weighted by Gasteiger charge is 2.42. The van der Waals surface area contributed by atoms with Crippen LogP contribution < -0.4 is 16.0 Å². The van der Waals surface area contributed by atoms with Crippen LogP contribution in [0.1, 0.15) is 64.2 Å². The molecule has 0 radical (unpaired) electrons. The highest BCUT2D eigenvalue weighted by molar-refractivity contribution is 9.09. The van der Waals surface area contributed by atoms with E-state index in [0.717, 1.165) is 62.4 Å². The minimum atomic E-state index is -0.0596. The summed E-state index contributed by atoms with van der Waals surface area (Å²) in [4.78, 5) is 35.4. The van der Waals surface area contributed by atoms with Crippen molar-refractivity contribution in [2.75, 3.05) is 63.8 Å². The van der Waals surface area contributed by atoms with Crippen LogP contribution in [0.2, 0.25) is 0 Å². The van der Waals surface area contributed by atoms with Crippen molar-refractivity contribution in [1.82, 2.24) is 20.3 Å². The molecule has 2 aliphatic heterocycles. The van der Waals surface area contributed by atoms with E-state index < -0.39 is 0 Å². The normalized spacial score (nSPS) is 19.9.